The van der Waals surface area contributed by atoms with Crippen LogP contribution in [0.5, 0.6) is 0 Å². The van der Waals surface area contributed by atoms with E-state index in [0.29, 0.717) is 13.1 Å². The monoisotopic (exact) mass is 229 g/mol. The molecule has 1 saturated heterocycles. The largest absolute Gasteiger partial charge is 1.00 e. The molecule has 0 aromatic heterocycles. The van der Waals surface area contributed by atoms with Crippen molar-refractivity contribution in [2.24, 2.45) is 5.92 Å². The molecule has 0 amide bonds. The molecule has 0 N–H and O–H groups in total. The minimum Gasteiger partial charge on any atom is -0.550 e. The Labute approximate surface area is 132 Å². The molecule has 15 heavy (non-hydrogen) atoms. The zero-order valence-corrected chi connectivity index (χ0v) is 12.0. The van der Waals surface area contributed by atoms with Gasteiger partial charge in [-0.15, -0.1) is 0 Å². The fourth-order valence-electron chi connectivity index (χ4n) is 1.69. The number of rotatable bonds is 3. The van der Waals surface area contributed by atoms with Gasteiger partial charge in [-0.3, -0.25) is 4.90 Å². The Balaban J connectivity index is 0.00000112. The normalized spacial score (nSPS) is 16.5. The standard InChI is InChI=1S/C11H13NO2.K/c13-11(14)10-7-12(8-10)6-9-4-2-1-3-5-9;/h1-5,10H,6-8H2,(H,13,14);/q;+1/p-1. The Morgan fingerprint density at radius 3 is 2.47 bits per heavy atom. The quantitative estimate of drug-likeness (QED) is 0.515. The van der Waals surface area contributed by atoms with Crippen molar-refractivity contribution in [1.82, 2.24) is 4.90 Å². The van der Waals surface area contributed by atoms with E-state index in [-0.39, 0.29) is 57.3 Å². The summed E-state index contributed by atoms with van der Waals surface area (Å²) in [4.78, 5) is 12.5. The van der Waals surface area contributed by atoms with E-state index in [1.54, 1.807) is 0 Å². The maximum Gasteiger partial charge on any atom is 1.00 e. The van der Waals surface area contributed by atoms with Gasteiger partial charge >= 0.3 is 51.4 Å². The van der Waals surface area contributed by atoms with Crippen LogP contribution in [0.3, 0.4) is 0 Å². The molecule has 0 unspecified atom stereocenters. The number of carbonyl (C=O) groups is 1. The summed E-state index contributed by atoms with van der Waals surface area (Å²) >= 11 is 0. The van der Waals surface area contributed by atoms with Crippen LogP contribution in [0.4, 0.5) is 0 Å². The van der Waals surface area contributed by atoms with Gasteiger partial charge in [0.15, 0.2) is 0 Å². The molecular formula is C11H12KNO2. The topological polar surface area (TPSA) is 43.4 Å². The molecule has 1 aromatic carbocycles. The van der Waals surface area contributed by atoms with Crippen LogP contribution in [0.2, 0.25) is 0 Å². The van der Waals surface area contributed by atoms with E-state index in [1.165, 1.54) is 5.56 Å². The minimum atomic E-state index is -0.922. The van der Waals surface area contributed by atoms with Gasteiger partial charge in [-0.1, -0.05) is 30.3 Å². The first kappa shape index (κ1) is 13.4. The first-order valence-electron chi connectivity index (χ1n) is 4.73. The van der Waals surface area contributed by atoms with Crippen molar-refractivity contribution in [2.45, 2.75) is 6.54 Å². The van der Waals surface area contributed by atoms with Crippen molar-refractivity contribution in [2.75, 3.05) is 13.1 Å². The molecule has 0 radical (unpaired) electrons. The molecule has 4 heteroatoms. The molecule has 0 spiro atoms. The van der Waals surface area contributed by atoms with Crippen molar-refractivity contribution in [3.8, 4) is 0 Å². The fourth-order valence-corrected chi connectivity index (χ4v) is 1.69. The molecule has 0 bridgehead atoms. The molecule has 1 aromatic rings. The average Bonchev–Trinajstić information content (AvgIpc) is 2.12. The Kier molecular flexibility index (Phi) is 5.45. The summed E-state index contributed by atoms with van der Waals surface area (Å²) in [5, 5.41) is 10.4. The van der Waals surface area contributed by atoms with Gasteiger partial charge < -0.3 is 9.90 Å². The second-order valence-electron chi connectivity index (χ2n) is 3.70. The molecule has 1 aliphatic heterocycles. The molecule has 0 aliphatic carbocycles. The van der Waals surface area contributed by atoms with Gasteiger partial charge in [0.1, 0.15) is 0 Å². The van der Waals surface area contributed by atoms with Crippen LogP contribution >= 0.6 is 0 Å². The number of hydrogen-bond acceptors (Lipinski definition) is 3. The van der Waals surface area contributed by atoms with Crippen molar-refractivity contribution in [1.29, 1.82) is 0 Å². The van der Waals surface area contributed by atoms with Gasteiger partial charge in [-0.25, -0.2) is 0 Å². The summed E-state index contributed by atoms with van der Waals surface area (Å²) in [6, 6.07) is 10.1. The number of carboxylic acids is 1. The Bertz CT molecular complexity index is 323. The Morgan fingerprint density at radius 1 is 1.33 bits per heavy atom. The van der Waals surface area contributed by atoms with Crippen molar-refractivity contribution in [3.63, 3.8) is 0 Å². The first-order valence-corrected chi connectivity index (χ1v) is 4.73. The van der Waals surface area contributed by atoms with Crippen LogP contribution in [-0.4, -0.2) is 24.0 Å². The molecular weight excluding hydrogens is 217 g/mol. The molecule has 2 rings (SSSR count). The predicted octanol–water partition coefficient (Wildman–Crippen LogP) is -3.13. The molecule has 74 valence electrons. The maximum absolute atomic E-state index is 10.4. The van der Waals surface area contributed by atoms with Gasteiger partial charge in [0.25, 0.3) is 0 Å². The average molecular weight is 229 g/mol. The number of nitrogens with zero attached hydrogens (tertiary/aromatic N) is 1. The van der Waals surface area contributed by atoms with Crippen LogP contribution in [-0.2, 0) is 11.3 Å². The number of benzene rings is 1. The predicted molar refractivity (Wildman–Crippen MR) is 50.2 cm³/mol. The summed E-state index contributed by atoms with van der Waals surface area (Å²) in [6.45, 7) is 2.08. The van der Waals surface area contributed by atoms with Gasteiger partial charge in [-0.2, -0.15) is 0 Å². The van der Waals surface area contributed by atoms with Crippen LogP contribution in [0, 0.1) is 5.92 Å². The molecule has 0 saturated carbocycles. The third-order valence-corrected chi connectivity index (χ3v) is 2.54. The number of carbonyl (C=O) groups excluding carboxylic acids is 1. The zero-order valence-electron chi connectivity index (χ0n) is 8.85. The fraction of sp³-hybridized carbons (Fsp3) is 0.364. The summed E-state index contributed by atoms with van der Waals surface area (Å²) in [5.74, 6) is -1.19. The van der Waals surface area contributed by atoms with E-state index in [0.717, 1.165) is 6.54 Å². The number of carboxylic acid groups (broad SMARTS) is 1. The van der Waals surface area contributed by atoms with Gasteiger partial charge in [0.05, 0.1) is 0 Å². The maximum atomic E-state index is 10.4. The zero-order chi connectivity index (χ0) is 9.97. The summed E-state index contributed by atoms with van der Waals surface area (Å²) in [5.41, 5.74) is 1.23. The smallest absolute Gasteiger partial charge is 0.550 e. The van der Waals surface area contributed by atoms with E-state index < -0.39 is 5.97 Å². The van der Waals surface area contributed by atoms with Crippen molar-refractivity contribution >= 4 is 5.97 Å². The SMILES string of the molecule is O=C([O-])C1CN(Cc2ccccc2)C1.[K+]. The van der Waals surface area contributed by atoms with Crippen LogP contribution in [0.25, 0.3) is 0 Å². The third kappa shape index (κ3) is 3.66. The van der Waals surface area contributed by atoms with Gasteiger partial charge in [0, 0.05) is 31.5 Å². The van der Waals surface area contributed by atoms with E-state index in [9.17, 15) is 9.90 Å². The summed E-state index contributed by atoms with van der Waals surface area (Å²) < 4.78 is 0. The van der Waals surface area contributed by atoms with E-state index in [2.05, 4.69) is 4.90 Å². The minimum absolute atomic E-state index is 0. The molecule has 0 atom stereocenters. The molecule has 1 heterocycles. The molecule has 1 fully saturated rings. The van der Waals surface area contributed by atoms with E-state index >= 15 is 0 Å². The number of likely N-dealkylation sites (tertiary alicyclic amines) is 1. The van der Waals surface area contributed by atoms with Crippen molar-refractivity contribution < 1.29 is 61.3 Å². The third-order valence-electron chi connectivity index (χ3n) is 2.54. The van der Waals surface area contributed by atoms with Gasteiger partial charge in [0.2, 0.25) is 0 Å². The Morgan fingerprint density at radius 2 is 1.93 bits per heavy atom. The summed E-state index contributed by atoms with van der Waals surface area (Å²) in [6.07, 6.45) is 0. The number of aliphatic carboxylic acids is 1. The second kappa shape index (κ2) is 6.13. The van der Waals surface area contributed by atoms with Crippen LogP contribution in [0.1, 0.15) is 5.56 Å². The first-order chi connectivity index (χ1) is 6.75. The molecule has 3 nitrogen and oxygen atoms in total. The number of hydrogen-bond donors (Lipinski definition) is 0. The van der Waals surface area contributed by atoms with Gasteiger partial charge in [-0.05, 0) is 5.56 Å². The Hall–Kier alpha value is 0.286. The summed E-state index contributed by atoms with van der Waals surface area (Å²) in [7, 11) is 0. The van der Waals surface area contributed by atoms with E-state index in [4.69, 9.17) is 0 Å². The van der Waals surface area contributed by atoms with Crippen LogP contribution in [0.15, 0.2) is 30.3 Å². The van der Waals surface area contributed by atoms with Crippen molar-refractivity contribution in [3.05, 3.63) is 35.9 Å². The van der Waals surface area contributed by atoms with E-state index in [1.807, 2.05) is 30.3 Å². The molecule has 1 aliphatic rings. The second-order valence-corrected chi connectivity index (χ2v) is 3.70. The van der Waals surface area contributed by atoms with Crippen LogP contribution < -0.4 is 56.5 Å².